The molecule has 1 amide bonds. The van der Waals surface area contributed by atoms with Crippen molar-refractivity contribution in [3.8, 4) is 0 Å². The number of amides is 1. The molecular formula is C12H16N2O. The summed E-state index contributed by atoms with van der Waals surface area (Å²) in [4.78, 5) is 11.6. The summed E-state index contributed by atoms with van der Waals surface area (Å²) in [5, 5.41) is 6.04. The molecule has 3 heteroatoms. The zero-order valence-electron chi connectivity index (χ0n) is 8.92. The van der Waals surface area contributed by atoms with Gasteiger partial charge in [-0.25, -0.2) is 0 Å². The first-order valence-corrected chi connectivity index (χ1v) is 5.40. The summed E-state index contributed by atoms with van der Waals surface area (Å²) in [6.07, 6.45) is 0. The minimum absolute atomic E-state index is 0.0200. The van der Waals surface area contributed by atoms with Crippen LogP contribution < -0.4 is 10.6 Å². The fourth-order valence-electron chi connectivity index (χ4n) is 1.72. The van der Waals surface area contributed by atoms with Crippen LogP contribution in [0, 0.1) is 0 Å². The normalized spacial score (nSPS) is 15.8. The molecule has 1 aromatic rings. The van der Waals surface area contributed by atoms with Crippen LogP contribution in [0.1, 0.15) is 28.8 Å². The van der Waals surface area contributed by atoms with Crippen molar-refractivity contribution in [2.24, 2.45) is 0 Å². The summed E-state index contributed by atoms with van der Waals surface area (Å²) in [5.41, 5.74) is 2.03. The van der Waals surface area contributed by atoms with E-state index in [2.05, 4.69) is 16.7 Å². The fraction of sp³-hybridized carbons (Fsp3) is 0.417. The van der Waals surface area contributed by atoms with Crippen LogP contribution in [-0.4, -0.2) is 25.5 Å². The van der Waals surface area contributed by atoms with E-state index in [9.17, 15) is 4.79 Å². The molecule has 1 fully saturated rings. The number of nitrogens with one attached hydrogen (secondary N) is 2. The molecule has 0 bridgehead atoms. The van der Waals surface area contributed by atoms with E-state index in [0.717, 1.165) is 18.7 Å². The van der Waals surface area contributed by atoms with Crippen molar-refractivity contribution in [3.63, 3.8) is 0 Å². The molecule has 2 N–H and O–H groups in total. The van der Waals surface area contributed by atoms with Gasteiger partial charge in [0.15, 0.2) is 0 Å². The zero-order chi connectivity index (χ0) is 10.7. The Morgan fingerprint density at radius 1 is 1.53 bits per heavy atom. The summed E-state index contributed by atoms with van der Waals surface area (Å²) < 4.78 is 0. The van der Waals surface area contributed by atoms with Crippen molar-refractivity contribution < 1.29 is 4.79 Å². The highest BCUT2D eigenvalue weighted by atomic mass is 16.1. The standard InChI is InChI=1S/C12H16N2O/c1-2-14-12(15)10-5-3-4-9(6-10)11-7-13-8-11/h3-6,11,13H,2,7-8H2,1H3,(H,14,15). The van der Waals surface area contributed by atoms with Gasteiger partial charge in [-0.1, -0.05) is 12.1 Å². The van der Waals surface area contributed by atoms with E-state index in [1.807, 2.05) is 25.1 Å². The number of hydrogen-bond acceptors (Lipinski definition) is 2. The molecule has 1 saturated heterocycles. The molecule has 0 radical (unpaired) electrons. The maximum atomic E-state index is 11.6. The predicted octanol–water partition coefficient (Wildman–Crippen LogP) is 1.12. The zero-order valence-corrected chi connectivity index (χ0v) is 8.92. The average molecular weight is 204 g/mol. The monoisotopic (exact) mass is 204 g/mol. The van der Waals surface area contributed by atoms with E-state index in [0.29, 0.717) is 12.5 Å². The van der Waals surface area contributed by atoms with E-state index in [1.54, 1.807) is 0 Å². The Morgan fingerprint density at radius 2 is 2.33 bits per heavy atom. The van der Waals surface area contributed by atoms with Gasteiger partial charge in [0.2, 0.25) is 0 Å². The summed E-state index contributed by atoms with van der Waals surface area (Å²) in [6, 6.07) is 7.91. The number of hydrogen-bond donors (Lipinski definition) is 2. The molecular weight excluding hydrogens is 188 g/mol. The number of carbonyl (C=O) groups excluding carboxylic acids is 1. The van der Waals surface area contributed by atoms with E-state index in [1.165, 1.54) is 5.56 Å². The first-order valence-electron chi connectivity index (χ1n) is 5.40. The van der Waals surface area contributed by atoms with Crippen LogP contribution >= 0.6 is 0 Å². The quantitative estimate of drug-likeness (QED) is 0.774. The van der Waals surface area contributed by atoms with Crippen LogP contribution in [0.4, 0.5) is 0 Å². The van der Waals surface area contributed by atoms with Crippen LogP contribution in [0.5, 0.6) is 0 Å². The predicted molar refractivity (Wildman–Crippen MR) is 60.1 cm³/mol. The smallest absolute Gasteiger partial charge is 0.251 e. The van der Waals surface area contributed by atoms with Gasteiger partial charge < -0.3 is 10.6 Å². The number of rotatable bonds is 3. The van der Waals surface area contributed by atoms with Crippen LogP contribution in [-0.2, 0) is 0 Å². The molecule has 2 rings (SSSR count). The van der Waals surface area contributed by atoms with Crippen molar-refractivity contribution in [3.05, 3.63) is 35.4 Å². The molecule has 1 heterocycles. The second kappa shape index (κ2) is 4.45. The molecule has 15 heavy (non-hydrogen) atoms. The Labute approximate surface area is 89.9 Å². The molecule has 80 valence electrons. The van der Waals surface area contributed by atoms with Crippen LogP contribution in [0.25, 0.3) is 0 Å². The maximum Gasteiger partial charge on any atom is 0.251 e. The SMILES string of the molecule is CCNC(=O)c1cccc(C2CNC2)c1. The van der Waals surface area contributed by atoms with Crippen molar-refractivity contribution in [1.82, 2.24) is 10.6 Å². The summed E-state index contributed by atoms with van der Waals surface area (Å²) >= 11 is 0. The molecule has 0 atom stereocenters. The second-order valence-corrected chi connectivity index (χ2v) is 3.84. The summed E-state index contributed by atoms with van der Waals surface area (Å²) in [6.45, 7) is 4.66. The molecule has 0 unspecified atom stereocenters. The Hall–Kier alpha value is -1.35. The molecule has 1 aliphatic rings. The minimum atomic E-state index is 0.0200. The van der Waals surface area contributed by atoms with Crippen molar-refractivity contribution in [2.75, 3.05) is 19.6 Å². The summed E-state index contributed by atoms with van der Waals surface area (Å²) in [5.74, 6) is 0.603. The van der Waals surface area contributed by atoms with Gasteiger partial charge in [0.1, 0.15) is 0 Å². The lowest BCUT2D eigenvalue weighted by Crippen LogP contribution is -2.39. The molecule has 3 nitrogen and oxygen atoms in total. The first kappa shape index (κ1) is 10.2. The van der Waals surface area contributed by atoms with Gasteiger partial charge in [0, 0.05) is 31.1 Å². The van der Waals surface area contributed by atoms with E-state index < -0.39 is 0 Å². The van der Waals surface area contributed by atoms with Crippen LogP contribution in [0.15, 0.2) is 24.3 Å². The Balaban J connectivity index is 2.14. The minimum Gasteiger partial charge on any atom is -0.352 e. The van der Waals surface area contributed by atoms with E-state index in [4.69, 9.17) is 0 Å². The lowest BCUT2D eigenvalue weighted by molar-refractivity contribution is 0.0955. The lowest BCUT2D eigenvalue weighted by Gasteiger charge is -2.27. The van der Waals surface area contributed by atoms with Gasteiger partial charge >= 0.3 is 0 Å². The number of benzene rings is 1. The largest absolute Gasteiger partial charge is 0.352 e. The average Bonchev–Trinajstić information content (AvgIpc) is 2.16. The molecule has 0 aliphatic carbocycles. The third kappa shape index (κ3) is 2.18. The highest BCUT2D eigenvalue weighted by Gasteiger charge is 2.19. The third-order valence-electron chi connectivity index (χ3n) is 2.74. The van der Waals surface area contributed by atoms with Crippen LogP contribution in [0.2, 0.25) is 0 Å². The third-order valence-corrected chi connectivity index (χ3v) is 2.74. The Morgan fingerprint density at radius 3 is 2.93 bits per heavy atom. The van der Waals surface area contributed by atoms with E-state index >= 15 is 0 Å². The van der Waals surface area contributed by atoms with Gasteiger partial charge in [0.05, 0.1) is 0 Å². The highest BCUT2D eigenvalue weighted by Crippen LogP contribution is 2.20. The van der Waals surface area contributed by atoms with Gasteiger partial charge in [-0.2, -0.15) is 0 Å². The molecule has 0 aromatic heterocycles. The number of carbonyl (C=O) groups is 1. The first-order chi connectivity index (χ1) is 7.31. The Kier molecular flexibility index (Phi) is 3.02. The highest BCUT2D eigenvalue weighted by molar-refractivity contribution is 5.94. The fourth-order valence-corrected chi connectivity index (χ4v) is 1.72. The molecule has 0 spiro atoms. The van der Waals surface area contributed by atoms with Crippen molar-refractivity contribution in [1.29, 1.82) is 0 Å². The molecule has 0 saturated carbocycles. The topological polar surface area (TPSA) is 41.1 Å². The Bertz CT molecular complexity index is 358. The van der Waals surface area contributed by atoms with Crippen molar-refractivity contribution in [2.45, 2.75) is 12.8 Å². The van der Waals surface area contributed by atoms with Crippen LogP contribution in [0.3, 0.4) is 0 Å². The van der Waals surface area contributed by atoms with Gasteiger partial charge in [-0.05, 0) is 24.6 Å². The van der Waals surface area contributed by atoms with Gasteiger partial charge in [0.25, 0.3) is 5.91 Å². The van der Waals surface area contributed by atoms with Crippen molar-refractivity contribution >= 4 is 5.91 Å². The maximum absolute atomic E-state index is 11.6. The van der Waals surface area contributed by atoms with Gasteiger partial charge in [-0.3, -0.25) is 4.79 Å². The van der Waals surface area contributed by atoms with E-state index in [-0.39, 0.29) is 5.91 Å². The van der Waals surface area contributed by atoms with Gasteiger partial charge in [-0.15, -0.1) is 0 Å². The molecule has 1 aromatic carbocycles. The molecule has 1 aliphatic heterocycles. The summed E-state index contributed by atoms with van der Waals surface area (Å²) in [7, 11) is 0. The second-order valence-electron chi connectivity index (χ2n) is 3.84. The lowest BCUT2D eigenvalue weighted by atomic mass is 9.92.